The predicted octanol–water partition coefficient (Wildman–Crippen LogP) is 3.15. The minimum Gasteiger partial charge on any atom is -0.337 e. The second-order valence-corrected chi connectivity index (χ2v) is 6.90. The Balaban J connectivity index is 1.64. The van der Waals surface area contributed by atoms with Crippen molar-refractivity contribution in [1.82, 2.24) is 4.90 Å². The van der Waals surface area contributed by atoms with Gasteiger partial charge in [-0.3, -0.25) is 19.7 Å². The summed E-state index contributed by atoms with van der Waals surface area (Å²) in [6, 6.07) is 12.0. The molecule has 2 amide bonds. The average Bonchev–Trinajstić information content (AvgIpc) is 3.12. The molecule has 1 aliphatic heterocycles. The van der Waals surface area contributed by atoms with Crippen LogP contribution in [0, 0.1) is 16.0 Å². The first-order valence-corrected chi connectivity index (χ1v) is 8.75. The first kappa shape index (κ1) is 17.1. The fourth-order valence-corrected chi connectivity index (χ4v) is 3.63. The predicted molar refractivity (Wildman–Crippen MR) is 94.7 cm³/mol. The summed E-state index contributed by atoms with van der Waals surface area (Å²) in [6.45, 7) is 0.878. The molecule has 8 heteroatoms. The summed E-state index contributed by atoms with van der Waals surface area (Å²) < 4.78 is 0. The van der Waals surface area contributed by atoms with Crippen LogP contribution in [0.4, 0.5) is 10.7 Å². The number of carbonyl (C=O) groups is 2. The van der Waals surface area contributed by atoms with Crippen molar-refractivity contribution in [1.29, 1.82) is 0 Å². The van der Waals surface area contributed by atoms with Crippen LogP contribution in [0.25, 0.3) is 0 Å². The highest BCUT2D eigenvalue weighted by molar-refractivity contribution is 7.17. The van der Waals surface area contributed by atoms with Gasteiger partial charge in [0, 0.05) is 24.8 Å². The molecule has 7 nitrogen and oxygen atoms in total. The molecule has 1 unspecified atom stereocenters. The fraction of sp³-hybridized carbons (Fsp3) is 0.294. The van der Waals surface area contributed by atoms with Crippen molar-refractivity contribution in [3.63, 3.8) is 0 Å². The van der Waals surface area contributed by atoms with E-state index in [2.05, 4.69) is 5.32 Å². The summed E-state index contributed by atoms with van der Waals surface area (Å²) in [5.41, 5.74) is 0.727. The molecule has 0 bridgehead atoms. The molecule has 130 valence electrons. The molecule has 1 aromatic carbocycles. The number of hydrogen-bond donors (Lipinski definition) is 1. The van der Waals surface area contributed by atoms with Crippen molar-refractivity contribution in [3.05, 3.63) is 57.5 Å². The van der Waals surface area contributed by atoms with Gasteiger partial charge in [0.2, 0.25) is 5.91 Å². The minimum atomic E-state index is -0.506. The number of nitrogens with one attached hydrogen (secondary N) is 1. The van der Waals surface area contributed by atoms with E-state index in [1.165, 1.54) is 12.1 Å². The van der Waals surface area contributed by atoms with Gasteiger partial charge in [0.15, 0.2) is 0 Å². The number of nitrogens with zero attached hydrogens (tertiary/aromatic N) is 2. The third kappa shape index (κ3) is 4.03. The Morgan fingerprint density at radius 1 is 1.20 bits per heavy atom. The second-order valence-electron chi connectivity index (χ2n) is 5.84. The number of rotatable bonds is 4. The largest absolute Gasteiger partial charge is 0.337 e. The Morgan fingerprint density at radius 3 is 2.64 bits per heavy atom. The number of piperidine rings is 1. The number of thiophene rings is 1. The number of amides is 2. The third-order valence-electron chi connectivity index (χ3n) is 4.10. The molecule has 0 radical (unpaired) electrons. The lowest BCUT2D eigenvalue weighted by molar-refractivity contribution is -0.380. The average molecular weight is 359 g/mol. The SMILES string of the molecule is O=C(Nc1ccccc1)C1CCCN(C(=O)c2ccc([N+](=O)[O-])s2)C1. The van der Waals surface area contributed by atoms with Crippen LogP contribution in [-0.2, 0) is 4.79 Å². The van der Waals surface area contributed by atoms with Crippen LogP contribution < -0.4 is 5.32 Å². The summed E-state index contributed by atoms with van der Waals surface area (Å²) >= 11 is 0.864. The van der Waals surface area contributed by atoms with E-state index in [0.717, 1.165) is 23.4 Å². The van der Waals surface area contributed by atoms with E-state index in [1.54, 1.807) is 4.90 Å². The molecule has 2 aromatic rings. The van der Waals surface area contributed by atoms with Gasteiger partial charge in [0.25, 0.3) is 5.91 Å². The Bertz CT molecular complexity index is 790. The molecule has 0 saturated carbocycles. The van der Waals surface area contributed by atoms with Gasteiger partial charge in [0.1, 0.15) is 0 Å². The number of carbonyl (C=O) groups excluding carboxylic acids is 2. The van der Waals surface area contributed by atoms with E-state index in [0.29, 0.717) is 24.4 Å². The molecule has 1 fully saturated rings. The first-order valence-electron chi connectivity index (χ1n) is 7.94. The lowest BCUT2D eigenvalue weighted by Gasteiger charge is -2.31. The summed E-state index contributed by atoms with van der Waals surface area (Å²) in [5, 5.41) is 13.6. The fourth-order valence-electron chi connectivity index (χ4n) is 2.84. The van der Waals surface area contributed by atoms with Crippen LogP contribution in [0.1, 0.15) is 22.5 Å². The van der Waals surface area contributed by atoms with Gasteiger partial charge in [-0.25, -0.2) is 0 Å². The third-order valence-corrected chi connectivity index (χ3v) is 5.13. The lowest BCUT2D eigenvalue weighted by atomic mass is 9.97. The molecule has 1 saturated heterocycles. The lowest BCUT2D eigenvalue weighted by Crippen LogP contribution is -2.43. The van der Waals surface area contributed by atoms with Crippen molar-refractivity contribution in [3.8, 4) is 0 Å². The highest BCUT2D eigenvalue weighted by atomic mass is 32.1. The van der Waals surface area contributed by atoms with Crippen molar-refractivity contribution in [2.24, 2.45) is 5.92 Å². The smallest absolute Gasteiger partial charge is 0.324 e. The zero-order chi connectivity index (χ0) is 17.8. The molecular weight excluding hydrogens is 342 g/mol. The standard InChI is InChI=1S/C17H17N3O4S/c21-16(18-13-6-2-1-3-7-13)12-5-4-10-19(11-12)17(22)14-8-9-15(25-14)20(23)24/h1-3,6-9,12H,4-5,10-11H2,(H,18,21). The Kier molecular flexibility index (Phi) is 5.08. The van der Waals surface area contributed by atoms with Crippen LogP contribution in [-0.4, -0.2) is 34.7 Å². The topological polar surface area (TPSA) is 92.6 Å². The molecule has 3 rings (SSSR count). The van der Waals surface area contributed by atoms with E-state index < -0.39 is 4.92 Å². The van der Waals surface area contributed by atoms with Gasteiger partial charge >= 0.3 is 5.00 Å². The van der Waals surface area contributed by atoms with E-state index in [-0.39, 0.29) is 22.7 Å². The first-order chi connectivity index (χ1) is 12.0. The molecule has 1 aliphatic rings. The van der Waals surface area contributed by atoms with E-state index in [1.807, 2.05) is 30.3 Å². The molecule has 1 N–H and O–H groups in total. The van der Waals surface area contributed by atoms with Crippen molar-refractivity contribution >= 4 is 33.8 Å². The number of likely N-dealkylation sites (tertiary alicyclic amines) is 1. The maximum absolute atomic E-state index is 12.5. The van der Waals surface area contributed by atoms with Crippen LogP contribution in [0.5, 0.6) is 0 Å². The van der Waals surface area contributed by atoms with E-state index in [9.17, 15) is 19.7 Å². The molecule has 1 aromatic heterocycles. The van der Waals surface area contributed by atoms with Crippen molar-refractivity contribution < 1.29 is 14.5 Å². The Labute approximate surface area is 148 Å². The summed E-state index contributed by atoms with van der Waals surface area (Å²) in [5.74, 6) is -0.649. The zero-order valence-corrected chi connectivity index (χ0v) is 14.2. The number of hydrogen-bond acceptors (Lipinski definition) is 5. The molecule has 0 aliphatic carbocycles. The minimum absolute atomic E-state index is 0.0567. The molecule has 25 heavy (non-hydrogen) atoms. The number of benzene rings is 1. The quantitative estimate of drug-likeness (QED) is 0.670. The van der Waals surface area contributed by atoms with Gasteiger partial charge in [-0.1, -0.05) is 29.5 Å². The highest BCUT2D eigenvalue weighted by Gasteiger charge is 2.30. The van der Waals surface area contributed by atoms with Gasteiger partial charge in [0.05, 0.1) is 15.7 Å². The van der Waals surface area contributed by atoms with Gasteiger partial charge in [-0.05, 0) is 31.0 Å². The number of nitro groups is 1. The van der Waals surface area contributed by atoms with Gasteiger partial charge in [-0.2, -0.15) is 0 Å². The summed E-state index contributed by atoms with van der Waals surface area (Å²) in [4.78, 5) is 37.2. The maximum atomic E-state index is 12.5. The monoisotopic (exact) mass is 359 g/mol. The zero-order valence-electron chi connectivity index (χ0n) is 13.4. The molecular formula is C17H17N3O4S. The second kappa shape index (κ2) is 7.43. The summed E-state index contributed by atoms with van der Waals surface area (Å²) in [7, 11) is 0. The number of anilines is 1. The summed E-state index contributed by atoms with van der Waals surface area (Å²) in [6.07, 6.45) is 1.44. The molecule has 0 spiro atoms. The van der Waals surface area contributed by atoms with Crippen LogP contribution in [0.15, 0.2) is 42.5 Å². The van der Waals surface area contributed by atoms with Gasteiger partial charge < -0.3 is 10.2 Å². The van der Waals surface area contributed by atoms with Gasteiger partial charge in [-0.15, -0.1) is 0 Å². The maximum Gasteiger partial charge on any atom is 0.324 e. The van der Waals surface area contributed by atoms with E-state index in [4.69, 9.17) is 0 Å². The molecule has 2 heterocycles. The van der Waals surface area contributed by atoms with Crippen molar-refractivity contribution in [2.75, 3.05) is 18.4 Å². The molecule has 1 atom stereocenters. The van der Waals surface area contributed by atoms with Crippen molar-refractivity contribution in [2.45, 2.75) is 12.8 Å². The van der Waals surface area contributed by atoms with Crippen LogP contribution in [0.2, 0.25) is 0 Å². The Morgan fingerprint density at radius 2 is 1.96 bits per heavy atom. The van der Waals surface area contributed by atoms with Crippen LogP contribution in [0.3, 0.4) is 0 Å². The normalized spacial score (nSPS) is 17.1. The van der Waals surface area contributed by atoms with Crippen LogP contribution >= 0.6 is 11.3 Å². The number of para-hydroxylation sites is 1. The highest BCUT2D eigenvalue weighted by Crippen LogP contribution is 2.27. The van der Waals surface area contributed by atoms with E-state index >= 15 is 0 Å². The Hall–Kier alpha value is -2.74.